The summed E-state index contributed by atoms with van der Waals surface area (Å²) in [6.45, 7) is 2.96. The lowest BCUT2D eigenvalue weighted by molar-refractivity contribution is -0.456. The third-order valence-corrected chi connectivity index (χ3v) is 2.93. The lowest BCUT2D eigenvalue weighted by atomic mass is 10.2. The second-order valence-electron chi connectivity index (χ2n) is 4.72. The molecule has 0 fully saturated rings. The largest absolute Gasteiger partial charge is 0.490 e. The van der Waals surface area contributed by atoms with Gasteiger partial charge in [0.15, 0.2) is 11.5 Å². The normalized spacial score (nSPS) is 10.5. The van der Waals surface area contributed by atoms with Crippen molar-refractivity contribution >= 4 is 12.2 Å². The van der Waals surface area contributed by atoms with Crippen LogP contribution >= 0.6 is 0 Å². The summed E-state index contributed by atoms with van der Waals surface area (Å²) in [5.41, 5.74) is 12.5. The summed E-state index contributed by atoms with van der Waals surface area (Å²) in [6, 6.07) is 15.6. The van der Waals surface area contributed by atoms with Gasteiger partial charge in [-0.2, -0.15) is 0 Å². The SMILES string of the molecule is CCOc1cc(/C=[NH+]/N=C(N)N)ccc1OCc1ccccc1. The Balaban J connectivity index is 2.12. The van der Waals surface area contributed by atoms with Crippen LogP contribution in [-0.2, 0) is 6.61 Å². The topological polar surface area (TPSA) is 96.8 Å². The van der Waals surface area contributed by atoms with Crippen LogP contribution in [-0.4, -0.2) is 18.8 Å². The lowest BCUT2D eigenvalue weighted by Gasteiger charge is -2.12. The Morgan fingerprint density at radius 3 is 2.57 bits per heavy atom. The Hall–Kier alpha value is -3.02. The highest BCUT2D eigenvalue weighted by Crippen LogP contribution is 2.28. The predicted molar refractivity (Wildman–Crippen MR) is 90.3 cm³/mol. The minimum Gasteiger partial charge on any atom is -0.490 e. The zero-order valence-corrected chi connectivity index (χ0v) is 13.0. The van der Waals surface area contributed by atoms with Crippen molar-refractivity contribution in [2.24, 2.45) is 16.6 Å². The van der Waals surface area contributed by atoms with Crippen molar-refractivity contribution in [1.82, 2.24) is 0 Å². The molecule has 0 saturated heterocycles. The minimum atomic E-state index is -0.0332. The van der Waals surface area contributed by atoms with Crippen LogP contribution < -0.4 is 26.0 Å². The molecule has 0 heterocycles. The van der Waals surface area contributed by atoms with E-state index in [1.54, 1.807) is 6.21 Å². The number of nitrogens with one attached hydrogen (secondary N) is 1. The second kappa shape index (κ2) is 8.43. The van der Waals surface area contributed by atoms with Crippen LogP contribution in [0.4, 0.5) is 0 Å². The summed E-state index contributed by atoms with van der Waals surface area (Å²) in [5, 5.41) is 6.35. The van der Waals surface area contributed by atoms with Crippen molar-refractivity contribution in [2.75, 3.05) is 6.61 Å². The van der Waals surface area contributed by atoms with E-state index in [1.807, 2.05) is 55.5 Å². The molecule has 0 aliphatic rings. The van der Waals surface area contributed by atoms with Gasteiger partial charge >= 0.3 is 0 Å². The maximum absolute atomic E-state index is 5.85. The summed E-state index contributed by atoms with van der Waals surface area (Å²) in [7, 11) is 0. The van der Waals surface area contributed by atoms with Gasteiger partial charge < -0.3 is 20.9 Å². The molecular formula is C17H21N4O2+. The van der Waals surface area contributed by atoms with Crippen molar-refractivity contribution in [3.05, 3.63) is 59.7 Å². The number of benzene rings is 2. The van der Waals surface area contributed by atoms with E-state index in [4.69, 9.17) is 20.9 Å². The molecule has 0 amide bonds. The van der Waals surface area contributed by atoms with E-state index in [2.05, 4.69) is 10.2 Å². The number of nitrogens with two attached hydrogens (primary N) is 2. The monoisotopic (exact) mass is 313 g/mol. The van der Waals surface area contributed by atoms with Crippen molar-refractivity contribution in [3.63, 3.8) is 0 Å². The summed E-state index contributed by atoms with van der Waals surface area (Å²) in [4.78, 5) is 0. The van der Waals surface area contributed by atoms with Gasteiger partial charge in [0.2, 0.25) is 6.21 Å². The number of guanidine groups is 1. The van der Waals surface area contributed by atoms with Crippen LogP contribution in [0.2, 0.25) is 0 Å². The van der Waals surface area contributed by atoms with E-state index in [0.29, 0.717) is 24.7 Å². The number of hydrogen-bond donors (Lipinski definition) is 3. The van der Waals surface area contributed by atoms with E-state index < -0.39 is 0 Å². The molecule has 0 bridgehead atoms. The highest BCUT2D eigenvalue weighted by Gasteiger charge is 2.07. The number of nitrogens with zero attached hydrogens (tertiary/aromatic N) is 1. The minimum absolute atomic E-state index is 0.0332. The third kappa shape index (κ3) is 5.35. The van der Waals surface area contributed by atoms with E-state index in [0.717, 1.165) is 11.1 Å². The van der Waals surface area contributed by atoms with Gasteiger partial charge in [-0.05, 0) is 30.7 Å². The molecular weight excluding hydrogens is 292 g/mol. The maximum Gasteiger partial charge on any atom is 0.256 e. The average Bonchev–Trinajstić information content (AvgIpc) is 2.55. The molecule has 6 nitrogen and oxygen atoms in total. The fraction of sp³-hybridized carbons (Fsp3) is 0.176. The maximum atomic E-state index is 5.85. The zero-order valence-electron chi connectivity index (χ0n) is 13.0. The Kier molecular flexibility index (Phi) is 5.99. The molecule has 0 aliphatic heterocycles. The average molecular weight is 313 g/mol. The fourth-order valence-corrected chi connectivity index (χ4v) is 1.92. The Morgan fingerprint density at radius 2 is 1.87 bits per heavy atom. The molecule has 23 heavy (non-hydrogen) atoms. The molecule has 0 radical (unpaired) electrons. The molecule has 0 unspecified atom stereocenters. The third-order valence-electron chi connectivity index (χ3n) is 2.93. The van der Waals surface area contributed by atoms with Crippen molar-refractivity contribution in [2.45, 2.75) is 13.5 Å². The van der Waals surface area contributed by atoms with Gasteiger partial charge in [-0.25, -0.2) is 0 Å². The summed E-state index contributed by atoms with van der Waals surface area (Å²) in [5.74, 6) is 1.33. The quantitative estimate of drug-likeness (QED) is 0.390. The van der Waals surface area contributed by atoms with Crippen molar-refractivity contribution in [1.29, 1.82) is 0 Å². The predicted octanol–water partition coefficient (Wildman–Crippen LogP) is 0.352. The molecule has 6 heteroatoms. The first-order valence-electron chi connectivity index (χ1n) is 7.30. The number of hydrogen-bond acceptors (Lipinski definition) is 3. The number of ether oxygens (including phenoxy) is 2. The molecule has 120 valence electrons. The van der Waals surface area contributed by atoms with E-state index in [-0.39, 0.29) is 5.96 Å². The molecule has 0 aliphatic carbocycles. The molecule has 2 rings (SSSR count). The Morgan fingerprint density at radius 1 is 1.09 bits per heavy atom. The highest BCUT2D eigenvalue weighted by molar-refractivity contribution is 5.78. The van der Waals surface area contributed by atoms with E-state index >= 15 is 0 Å². The zero-order chi connectivity index (χ0) is 16.5. The summed E-state index contributed by atoms with van der Waals surface area (Å²) < 4.78 is 11.5. The first kappa shape index (κ1) is 16.4. The van der Waals surface area contributed by atoms with Crippen LogP contribution in [0, 0.1) is 0 Å². The van der Waals surface area contributed by atoms with Crippen LogP contribution in [0.25, 0.3) is 0 Å². The van der Waals surface area contributed by atoms with Crippen LogP contribution in [0.5, 0.6) is 11.5 Å². The highest BCUT2D eigenvalue weighted by atomic mass is 16.5. The van der Waals surface area contributed by atoms with E-state index in [9.17, 15) is 0 Å². The van der Waals surface area contributed by atoms with Gasteiger partial charge in [-0.1, -0.05) is 30.3 Å². The molecule has 2 aromatic carbocycles. The van der Waals surface area contributed by atoms with Crippen LogP contribution in [0.15, 0.2) is 53.6 Å². The summed E-state index contributed by atoms with van der Waals surface area (Å²) in [6.07, 6.45) is 1.67. The van der Waals surface area contributed by atoms with Crippen molar-refractivity contribution in [3.8, 4) is 11.5 Å². The second-order valence-corrected chi connectivity index (χ2v) is 4.72. The van der Waals surface area contributed by atoms with Gasteiger partial charge in [-0.15, -0.1) is 5.10 Å². The first-order valence-corrected chi connectivity index (χ1v) is 7.30. The standard InChI is InChI=1S/C17H20N4O2/c1-2-22-16-10-14(11-20-21-17(18)19)8-9-15(16)23-12-13-6-4-3-5-7-13/h3-11H,2,12H2,1H3,(H4,18,19,21)/p+1/b20-11+. The Bertz CT molecular complexity index is 680. The van der Waals surface area contributed by atoms with Crippen LogP contribution in [0.3, 0.4) is 0 Å². The van der Waals surface area contributed by atoms with Gasteiger partial charge in [0.1, 0.15) is 6.61 Å². The molecule has 5 N–H and O–H groups in total. The van der Waals surface area contributed by atoms with Gasteiger partial charge in [0.05, 0.1) is 6.61 Å². The van der Waals surface area contributed by atoms with Gasteiger partial charge in [0.25, 0.3) is 5.96 Å². The van der Waals surface area contributed by atoms with Crippen LogP contribution in [0.1, 0.15) is 18.1 Å². The molecule has 0 aromatic heterocycles. The van der Waals surface area contributed by atoms with Gasteiger partial charge in [0, 0.05) is 10.7 Å². The lowest BCUT2D eigenvalue weighted by Crippen LogP contribution is -2.63. The Labute approximate surface area is 135 Å². The first-order chi connectivity index (χ1) is 11.2. The van der Waals surface area contributed by atoms with Gasteiger partial charge in [-0.3, -0.25) is 0 Å². The van der Waals surface area contributed by atoms with Crippen molar-refractivity contribution < 1.29 is 14.6 Å². The molecule has 2 aromatic rings. The number of hydrazone groups is 1. The fourth-order valence-electron chi connectivity index (χ4n) is 1.92. The van der Waals surface area contributed by atoms with E-state index in [1.165, 1.54) is 0 Å². The number of rotatable bonds is 7. The molecule has 0 spiro atoms. The summed E-state index contributed by atoms with van der Waals surface area (Å²) >= 11 is 0. The molecule has 0 atom stereocenters. The molecule has 0 saturated carbocycles. The smallest absolute Gasteiger partial charge is 0.256 e.